The highest BCUT2D eigenvalue weighted by atomic mass is 16.6. The van der Waals surface area contributed by atoms with Crippen molar-refractivity contribution in [1.82, 2.24) is 0 Å². The van der Waals surface area contributed by atoms with Gasteiger partial charge in [0, 0.05) is 42.3 Å². The number of piperidine rings is 1. The molecule has 0 bridgehead atoms. The normalized spacial score (nSPS) is 20.5. The van der Waals surface area contributed by atoms with Gasteiger partial charge in [0.1, 0.15) is 5.78 Å². The number of aryl methyl sites for hydroxylation is 1. The van der Waals surface area contributed by atoms with Crippen LogP contribution in [0.1, 0.15) is 42.1 Å². The van der Waals surface area contributed by atoms with Gasteiger partial charge in [-0.15, -0.1) is 0 Å². The van der Waals surface area contributed by atoms with Gasteiger partial charge in [-0.1, -0.05) is 48.9 Å². The average molecular weight is 445 g/mol. The molecule has 1 saturated heterocycles. The lowest BCUT2D eigenvalue weighted by Gasteiger charge is -2.47. The number of hydrogen-bond donors (Lipinski definition) is 0. The summed E-state index contributed by atoms with van der Waals surface area (Å²) in [5, 5.41) is 22.2. The van der Waals surface area contributed by atoms with Gasteiger partial charge in [-0.25, -0.2) is 0 Å². The summed E-state index contributed by atoms with van der Waals surface area (Å²) in [7, 11) is 0. The van der Waals surface area contributed by atoms with Crippen LogP contribution in [0.15, 0.2) is 72.8 Å². The maximum absolute atomic E-state index is 13.1. The molecule has 0 radical (unpaired) electrons. The Hall–Kier alpha value is -4.07. The molecule has 1 aliphatic heterocycles. The molecule has 0 saturated carbocycles. The summed E-state index contributed by atoms with van der Waals surface area (Å²) in [4.78, 5) is 36.6. The van der Waals surface area contributed by atoms with Crippen molar-refractivity contribution in [2.45, 2.75) is 32.4 Å². The van der Waals surface area contributed by atoms with Crippen molar-refractivity contribution in [3.05, 3.63) is 110 Å². The van der Waals surface area contributed by atoms with Gasteiger partial charge in [-0.2, -0.15) is 0 Å². The Bertz CT molecular complexity index is 1190. The van der Waals surface area contributed by atoms with E-state index < -0.39 is 9.85 Å². The molecular weight excluding hydrogens is 422 g/mol. The van der Waals surface area contributed by atoms with Crippen LogP contribution in [0.5, 0.6) is 0 Å². The average Bonchev–Trinajstić information content (AvgIpc) is 2.81. The highest BCUT2D eigenvalue weighted by Gasteiger charge is 2.41. The number of carbonyl (C=O) groups excluding carboxylic acids is 1. The summed E-state index contributed by atoms with van der Waals surface area (Å²) in [5.41, 5.74) is 3.58. The smallest absolute Gasteiger partial charge is 0.269 e. The largest absolute Gasteiger partial charge is 0.356 e. The molecule has 168 valence electrons. The number of anilines is 1. The number of nitro groups is 2. The first-order valence-corrected chi connectivity index (χ1v) is 10.6. The zero-order chi connectivity index (χ0) is 23.7. The summed E-state index contributed by atoms with van der Waals surface area (Å²) in [6.07, 6.45) is 0.260. The molecule has 0 aromatic heterocycles. The molecule has 1 heterocycles. The molecule has 0 spiro atoms. The molecule has 3 aromatic rings. The third-order valence-electron chi connectivity index (χ3n) is 6.28. The molecule has 0 amide bonds. The summed E-state index contributed by atoms with van der Waals surface area (Å²) >= 11 is 0. The van der Waals surface area contributed by atoms with Crippen LogP contribution in [0.3, 0.4) is 0 Å². The van der Waals surface area contributed by atoms with Crippen molar-refractivity contribution in [3.63, 3.8) is 0 Å². The first-order chi connectivity index (χ1) is 15.8. The van der Waals surface area contributed by atoms with E-state index in [9.17, 15) is 25.0 Å². The quantitative estimate of drug-likeness (QED) is 0.368. The van der Waals surface area contributed by atoms with Crippen molar-refractivity contribution in [3.8, 4) is 0 Å². The number of Topliss-reactive ketones (excluding diaryl/α,β-unsaturated/α-hetero) is 1. The minimum absolute atomic E-state index is 0.0111. The van der Waals surface area contributed by atoms with Gasteiger partial charge < -0.3 is 4.90 Å². The fourth-order valence-electron chi connectivity index (χ4n) is 4.48. The number of hydrogen-bond acceptors (Lipinski definition) is 6. The first kappa shape index (κ1) is 22.1. The van der Waals surface area contributed by atoms with Gasteiger partial charge in [-0.3, -0.25) is 25.0 Å². The number of non-ortho nitro benzene ring substituents is 2. The van der Waals surface area contributed by atoms with Gasteiger partial charge in [0.05, 0.1) is 21.9 Å². The van der Waals surface area contributed by atoms with Crippen molar-refractivity contribution in [1.29, 1.82) is 0 Å². The van der Waals surface area contributed by atoms with E-state index in [-0.39, 0.29) is 41.6 Å². The Morgan fingerprint density at radius 3 is 1.76 bits per heavy atom. The van der Waals surface area contributed by atoms with Crippen LogP contribution in [0.25, 0.3) is 0 Å². The van der Waals surface area contributed by atoms with Gasteiger partial charge in [0.15, 0.2) is 0 Å². The molecule has 3 atom stereocenters. The van der Waals surface area contributed by atoms with Gasteiger partial charge in [0.25, 0.3) is 11.4 Å². The second-order valence-electron chi connectivity index (χ2n) is 8.36. The first-order valence-electron chi connectivity index (χ1n) is 10.6. The molecule has 1 aliphatic rings. The molecular formula is C25H23N3O5. The standard InChI is InChI=1S/C25H23N3O5/c1-16-3-9-20(10-4-16)26-23(18-5-11-21(12-6-18)27(30)31)15-24(29)17(2)25(26)19-7-13-22(14-8-19)28(32)33/h3-14,17,23,25H,15H2,1-2H3/t17-,23+,25-/m0/s1. The van der Waals surface area contributed by atoms with Crippen molar-refractivity contribution >= 4 is 22.8 Å². The van der Waals surface area contributed by atoms with E-state index in [1.807, 2.05) is 38.1 Å². The highest BCUT2D eigenvalue weighted by molar-refractivity contribution is 5.85. The molecule has 0 N–H and O–H groups in total. The van der Waals surface area contributed by atoms with Crippen LogP contribution in [0.4, 0.5) is 17.1 Å². The fraction of sp³-hybridized carbons (Fsp3) is 0.240. The number of nitro benzene ring substituents is 2. The lowest BCUT2D eigenvalue weighted by Crippen LogP contribution is -2.45. The molecule has 0 aliphatic carbocycles. The Labute approximate surface area is 190 Å². The fourth-order valence-corrected chi connectivity index (χ4v) is 4.48. The molecule has 4 rings (SSSR count). The van der Waals surface area contributed by atoms with Crippen LogP contribution in [-0.4, -0.2) is 15.6 Å². The van der Waals surface area contributed by atoms with Crippen LogP contribution in [0.2, 0.25) is 0 Å². The minimum Gasteiger partial charge on any atom is -0.356 e. The molecule has 0 unspecified atom stereocenters. The van der Waals surface area contributed by atoms with Gasteiger partial charge >= 0.3 is 0 Å². The lowest BCUT2D eigenvalue weighted by molar-refractivity contribution is -0.385. The van der Waals surface area contributed by atoms with Crippen molar-refractivity contribution < 1.29 is 14.6 Å². The molecule has 1 fully saturated rings. The SMILES string of the molecule is Cc1ccc(N2[C@@H](c3ccc([N+](=O)[O-])cc3)CC(=O)[C@H](C)[C@H]2c2ccc([N+](=O)[O-])cc2)cc1. The Kier molecular flexibility index (Phi) is 5.91. The van der Waals surface area contributed by atoms with Crippen LogP contribution in [-0.2, 0) is 4.79 Å². The van der Waals surface area contributed by atoms with Gasteiger partial charge in [0.2, 0.25) is 0 Å². The Morgan fingerprint density at radius 1 is 0.788 bits per heavy atom. The van der Waals surface area contributed by atoms with Crippen LogP contribution >= 0.6 is 0 Å². The topological polar surface area (TPSA) is 107 Å². The van der Waals surface area contributed by atoms with E-state index in [1.54, 1.807) is 24.3 Å². The molecule has 8 nitrogen and oxygen atoms in total. The number of rotatable bonds is 5. The zero-order valence-corrected chi connectivity index (χ0v) is 18.3. The predicted molar refractivity (Wildman–Crippen MR) is 124 cm³/mol. The third kappa shape index (κ3) is 4.32. The predicted octanol–water partition coefficient (Wildman–Crippen LogP) is 5.71. The number of benzene rings is 3. The Morgan fingerprint density at radius 2 is 1.27 bits per heavy atom. The summed E-state index contributed by atoms with van der Waals surface area (Å²) in [6.45, 7) is 3.87. The van der Waals surface area contributed by atoms with Crippen molar-refractivity contribution in [2.75, 3.05) is 4.90 Å². The maximum Gasteiger partial charge on any atom is 0.269 e. The van der Waals surface area contributed by atoms with E-state index in [0.29, 0.717) is 0 Å². The third-order valence-corrected chi connectivity index (χ3v) is 6.28. The lowest BCUT2D eigenvalue weighted by atomic mass is 9.79. The van der Waals surface area contributed by atoms with E-state index >= 15 is 0 Å². The minimum atomic E-state index is -0.449. The van der Waals surface area contributed by atoms with Crippen LogP contribution < -0.4 is 4.90 Å². The van der Waals surface area contributed by atoms with Gasteiger partial charge in [-0.05, 0) is 30.2 Å². The summed E-state index contributed by atoms with van der Waals surface area (Å²) < 4.78 is 0. The summed E-state index contributed by atoms with van der Waals surface area (Å²) in [6, 6.07) is 19.9. The highest BCUT2D eigenvalue weighted by Crippen LogP contribution is 2.46. The van der Waals surface area contributed by atoms with E-state index in [0.717, 1.165) is 22.4 Å². The number of nitrogens with zero attached hydrogens (tertiary/aromatic N) is 3. The molecule has 3 aromatic carbocycles. The molecule has 33 heavy (non-hydrogen) atoms. The summed E-state index contributed by atoms with van der Waals surface area (Å²) in [5.74, 6) is -0.271. The second-order valence-corrected chi connectivity index (χ2v) is 8.36. The Balaban J connectivity index is 1.84. The van der Waals surface area contributed by atoms with Crippen LogP contribution in [0, 0.1) is 33.1 Å². The van der Waals surface area contributed by atoms with E-state index in [4.69, 9.17) is 0 Å². The van der Waals surface area contributed by atoms with E-state index in [2.05, 4.69) is 4.90 Å². The van der Waals surface area contributed by atoms with Crippen molar-refractivity contribution in [2.24, 2.45) is 5.92 Å². The molecule has 8 heteroatoms. The maximum atomic E-state index is 13.1. The number of ketones is 1. The van der Waals surface area contributed by atoms with E-state index in [1.165, 1.54) is 24.3 Å². The monoisotopic (exact) mass is 445 g/mol. The number of carbonyl (C=O) groups is 1. The zero-order valence-electron chi connectivity index (χ0n) is 18.3. The second kappa shape index (κ2) is 8.82.